The van der Waals surface area contributed by atoms with Crippen molar-refractivity contribution in [1.29, 1.82) is 0 Å². The van der Waals surface area contributed by atoms with Gasteiger partial charge in [-0.25, -0.2) is 4.98 Å². The summed E-state index contributed by atoms with van der Waals surface area (Å²) in [7, 11) is 0. The van der Waals surface area contributed by atoms with Crippen LogP contribution < -0.4 is 0 Å². The van der Waals surface area contributed by atoms with E-state index in [9.17, 15) is 9.59 Å². The van der Waals surface area contributed by atoms with Crippen molar-refractivity contribution in [3.63, 3.8) is 0 Å². The predicted molar refractivity (Wildman–Crippen MR) is 94.5 cm³/mol. The van der Waals surface area contributed by atoms with Gasteiger partial charge in [-0.3, -0.25) is 14.5 Å². The van der Waals surface area contributed by atoms with Crippen LogP contribution >= 0.6 is 11.3 Å². The zero-order chi connectivity index (χ0) is 17.7. The van der Waals surface area contributed by atoms with Crippen LogP contribution in [-0.2, 0) is 9.53 Å². The van der Waals surface area contributed by atoms with Crippen LogP contribution in [0, 0.1) is 6.92 Å². The second kappa shape index (κ2) is 8.58. The van der Waals surface area contributed by atoms with Crippen LogP contribution in [0.1, 0.15) is 53.5 Å². The van der Waals surface area contributed by atoms with Crippen LogP contribution in [0.4, 0.5) is 0 Å². The number of amides is 1. The molecule has 1 fully saturated rings. The fraction of sp³-hybridized carbons (Fsp3) is 0.706. The Labute approximate surface area is 147 Å². The first-order chi connectivity index (χ1) is 11.4. The largest absolute Gasteiger partial charge is 0.465 e. The molecule has 6 nitrogen and oxygen atoms in total. The summed E-state index contributed by atoms with van der Waals surface area (Å²) in [6.07, 6.45) is 0.861. The van der Waals surface area contributed by atoms with Gasteiger partial charge in [-0.15, -0.1) is 11.3 Å². The van der Waals surface area contributed by atoms with E-state index >= 15 is 0 Å². The number of nitrogens with zero attached hydrogens (tertiary/aromatic N) is 3. The highest BCUT2D eigenvalue weighted by molar-refractivity contribution is 7.13. The average molecular weight is 353 g/mol. The molecule has 24 heavy (non-hydrogen) atoms. The van der Waals surface area contributed by atoms with Crippen LogP contribution in [0.15, 0.2) is 0 Å². The van der Waals surface area contributed by atoms with Crippen LogP contribution in [-0.4, -0.2) is 66.0 Å². The maximum absolute atomic E-state index is 12.8. The average Bonchev–Trinajstić information content (AvgIpc) is 2.76. The summed E-state index contributed by atoms with van der Waals surface area (Å²) in [6.45, 7) is 11.4. The minimum absolute atomic E-state index is 0.0647. The highest BCUT2D eigenvalue weighted by atomic mass is 32.1. The lowest BCUT2D eigenvalue weighted by Crippen LogP contribution is -2.37. The van der Waals surface area contributed by atoms with E-state index in [4.69, 9.17) is 4.74 Å². The van der Waals surface area contributed by atoms with Gasteiger partial charge in [0.15, 0.2) is 0 Å². The molecule has 1 amide bonds. The van der Waals surface area contributed by atoms with Crippen LogP contribution in [0.3, 0.4) is 0 Å². The maximum atomic E-state index is 12.8. The standard InChI is InChI=1S/C17H27N3O3S/c1-5-23-14(21)11-19-7-6-8-20(10-9-19)17(22)15-13(4)18-16(24-15)12(2)3/h12H,5-11H2,1-4H3. The molecule has 134 valence electrons. The Bertz CT molecular complexity index is 586. The van der Waals surface area contributed by atoms with E-state index in [2.05, 4.69) is 23.7 Å². The van der Waals surface area contributed by atoms with E-state index in [-0.39, 0.29) is 11.9 Å². The highest BCUT2D eigenvalue weighted by Gasteiger charge is 2.25. The van der Waals surface area contributed by atoms with Gasteiger partial charge in [0.05, 0.1) is 23.9 Å². The molecule has 7 heteroatoms. The smallest absolute Gasteiger partial charge is 0.320 e. The number of rotatable bonds is 5. The topological polar surface area (TPSA) is 62.7 Å². The van der Waals surface area contributed by atoms with Gasteiger partial charge >= 0.3 is 5.97 Å². The van der Waals surface area contributed by atoms with Crippen molar-refractivity contribution in [1.82, 2.24) is 14.8 Å². The SMILES string of the molecule is CCOC(=O)CN1CCCN(C(=O)c2sc(C(C)C)nc2C)CC1. The molecule has 2 rings (SSSR count). The number of aryl methyl sites for hydroxylation is 1. The molecule has 0 radical (unpaired) electrons. The molecule has 1 saturated heterocycles. The molecular formula is C17H27N3O3S. The third kappa shape index (κ3) is 4.77. The first-order valence-corrected chi connectivity index (χ1v) is 9.38. The number of thiazole rings is 1. The molecule has 0 unspecified atom stereocenters. The number of aromatic nitrogens is 1. The Morgan fingerprint density at radius 2 is 2.00 bits per heavy atom. The molecule has 0 atom stereocenters. The summed E-state index contributed by atoms with van der Waals surface area (Å²) in [5, 5.41) is 1.01. The Balaban J connectivity index is 1.98. The van der Waals surface area contributed by atoms with Gasteiger partial charge in [-0.1, -0.05) is 13.8 Å². The summed E-state index contributed by atoms with van der Waals surface area (Å²) in [5.41, 5.74) is 0.821. The zero-order valence-electron chi connectivity index (χ0n) is 15.0. The molecule has 1 aromatic rings. The third-order valence-corrected chi connectivity index (χ3v) is 5.48. The molecule has 0 bridgehead atoms. The van der Waals surface area contributed by atoms with Gasteiger partial charge in [0.25, 0.3) is 5.91 Å². The van der Waals surface area contributed by atoms with Gasteiger partial charge in [-0.2, -0.15) is 0 Å². The van der Waals surface area contributed by atoms with Crippen molar-refractivity contribution in [2.24, 2.45) is 0 Å². The van der Waals surface area contributed by atoms with Crippen molar-refractivity contribution < 1.29 is 14.3 Å². The van der Waals surface area contributed by atoms with E-state index in [0.29, 0.717) is 38.7 Å². The van der Waals surface area contributed by atoms with Crippen molar-refractivity contribution in [2.75, 3.05) is 39.3 Å². The summed E-state index contributed by atoms with van der Waals surface area (Å²) >= 11 is 1.50. The van der Waals surface area contributed by atoms with Crippen LogP contribution in [0.2, 0.25) is 0 Å². The lowest BCUT2D eigenvalue weighted by Gasteiger charge is -2.21. The Morgan fingerprint density at radius 1 is 1.25 bits per heavy atom. The van der Waals surface area contributed by atoms with Gasteiger partial charge in [0.1, 0.15) is 4.88 Å². The molecular weight excluding hydrogens is 326 g/mol. The van der Waals surface area contributed by atoms with Crippen LogP contribution in [0.25, 0.3) is 0 Å². The molecule has 0 spiro atoms. The van der Waals surface area contributed by atoms with Gasteiger partial charge in [0.2, 0.25) is 0 Å². The lowest BCUT2D eigenvalue weighted by atomic mass is 10.2. The fourth-order valence-electron chi connectivity index (χ4n) is 2.73. The van der Waals surface area contributed by atoms with E-state index < -0.39 is 0 Å². The van der Waals surface area contributed by atoms with Crippen molar-refractivity contribution >= 4 is 23.2 Å². The summed E-state index contributed by atoms with van der Waals surface area (Å²) < 4.78 is 5.00. The number of ether oxygens (including phenoxy) is 1. The minimum atomic E-state index is -0.197. The molecule has 0 N–H and O–H groups in total. The molecule has 0 saturated carbocycles. The Morgan fingerprint density at radius 3 is 2.62 bits per heavy atom. The van der Waals surface area contributed by atoms with Gasteiger partial charge in [-0.05, 0) is 20.3 Å². The normalized spacial score (nSPS) is 16.3. The second-order valence-electron chi connectivity index (χ2n) is 6.35. The molecule has 0 aromatic carbocycles. The quantitative estimate of drug-likeness (QED) is 0.760. The predicted octanol–water partition coefficient (Wildman–Crippen LogP) is 2.29. The van der Waals surface area contributed by atoms with Crippen molar-refractivity contribution in [3.8, 4) is 0 Å². The number of carbonyl (C=O) groups is 2. The van der Waals surface area contributed by atoms with Crippen molar-refractivity contribution in [3.05, 3.63) is 15.6 Å². The number of esters is 1. The molecule has 1 aliphatic heterocycles. The van der Waals surface area contributed by atoms with Crippen LogP contribution in [0.5, 0.6) is 0 Å². The highest BCUT2D eigenvalue weighted by Crippen LogP contribution is 2.26. The monoisotopic (exact) mass is 353 g/mol. The number of hydrogen-bond acceptors (Lipinski definition) is 6. The Hall–Kier alpha value is -1.47. The van der Waals surface area contributed by atoms with E-state index in [1.165, 1.54) is 11.3 Å². The van der Waals surface area contributed by atoms with Crippen molar-refractivity contribution in [2.45, 2.75) is 40.0 Å². The third-order valence-electron chi connectivity index (χ3n) is 4.04. The maximum Gasteiger partial charge on any atom is 0.320 e. The second-order valence-corrected chi connectivity index (χ2v) is 7.38. The van der Waals surface area contributed by atoms with E-state index in [1.807, 2.05) is 18.7 Å². The first kappa shape index (κ1) is 18.9. The first-order valence-electron chi connectivity index (χ1n) is 8.57. The minimum Gasteiger partial charge on any atom is -0.465 e. The van der Waals surface area contributed by atoms with Gasteiger partial charge < -0.3 is 9.64 Å². The lowest BCUT2D eigenvalue weighted by molar-refractivity contribution is -0.144. The summed E-state index contributed by atoms with van der Waals surface area (Å²) in [4.78, 5) is 33.7. The molecule has 2 heterocycles. The van der Waals surface area contributed by atoms with E-state index in [0.717, 1.165) is 28.5 Å². The Kier molecular flexibility index (Phi) is 6.74. The summed E-state index contributed by atoms with van der Waals surface area (Å²) in [6, 6.07) is 0. The van der Waals surface area contributed by atoms with Gasteiger partial charge in [0, 0.05) is 32.1 Å². The number of hydrogen-bond donors (Lipinski definition) is 0. The fourth-order valence-corrected chi connectivity index (χ4v) is 3.76. The number of carbonyl (C=O) groups excluding carboxylic acids is 2. The van der Waals surface area contributed by atoms with E-state index in [1.54, 1.807) is 0 Å². The molecule has 0 aliphatic carbocycles. The summed E-state index contributed by atoms with van der Waals surface area (Å²) in [5.74, 6) is 0.200. The molecule has 1 aromatic heterocycles. The molecule has 1 aliphatic rings. The zero-order valence-corrected chi connectivity index (χ0v) is 15.8.